The molecule has 0 spiro atoms. The molecular weight excluding hydrogens is 198 g/mol. The van der Waals surface area contributed by atoms with Gasteiger partial charge in [-0.15, -0.1) is 0 Å². The van der Waals surface area contributed by atoms with Crippen LogP contribution in [0.2, 0.25) is 0 Å². The van der Waals surface area contributed by atoms with Crippen LogP contribution in [0.4, 0.5) is 0 Å². The van der Waals surface area contributed by atoms with E-state index >= 15 is 0 Å². The minimum Gasteiger partial charge on any atom is -0.450 e. The van der Waals surface area contributed by atoms with Crippen LogP contribution >= 0.6 is 0 Å². The predicted octanol–water partition coefficient (Wildman–Crippen LogP) is -0.221. The Hall–Kier alpha value is -1.59. The number of hydrogen-bond donors (Lipinski definition) is 2. The molecule has 0 saturated heterocycles. The van der Waals surface area contributed by atoms with Crippen LogP contribution in [-0.4, -0.2) is 30.0 Å². The third-order valence-electron chi connectivity index (χ3n) is 1.49. The van der Waals surface area contributed by atoms with Gasteiger partial charge in [-0.05, 0) is 20.8 Å². The second-order valence-electron chi connectivity index (χ2n) is 3.44. The van der Waals surface area contributed by atoms with Gasteiger partial charge in [-0.3, -0.25) is 9.59 Å². The van der Waals surface area contributed by atoms with Crippen molar-refractivity contribution in [3.8, 4) is 0 Å². The summed E-state index contributed by atoms with van der Waals surface area (Å²) in [7, 11) is 0. The van der Waals surface area contributed by atoms with Gasteiger partial charge in [0.2, 0.25) is 0 Å². The first kappa shape index (κ1) is 13.4. The molecule has 0 atom stereocenters. The highest BCUT2D eigenvalue weighted by Crippen LogP contribution is 2.11. The van der Waals surface area contributed by atoms with Crippen molar-refractivity contribution in [3.63, 3.8) is 0 Å². The van der Waals surface area contributed by atoms with E-state index in [0.29, 0.717) is 6.54 Å². The lowest BCUT2D eigenvalue weighted by Crippen LogP contribution is -2.39. The van der Waals surface area contributed by atoms with Gasteiger partial charge >= 0.3 is 5.97 Å². The standard InChI is InChI=1S/C9H17N3O3/c1-5-11-8(10)12-7(14)9(3,4)15-6(2)13/h5H2,1-4H3,(H3,10,11,12,14). The fraction of sp³-hybridized carbons (Fsp3) is 0.667. The van der Waals surface area contributed by atoms with E-state index in [1.165, 1.54) is 20.8 Å². The Morgan fingerprint density at radius 3 is 2.40 bits per heavy atom. The lowest BCUT2D eigenvalue weighted by atomic mass is 10.1. The van der Waals surface area contributed by atoms with Crippen molar-refractivity contribution in [1.29, 1.82) is 0 Å². The van der Waals surface area contributed by atoms with Gasteiger partial charge in [0.05, 0.1) is 0 Å². The zero-order chi connectivity index (χ0) is 12.1. The summed E-state index contributed by atoms with van der Waals surface area (Å²) in [6.45, 7) is 6.53. The Morgan fingerprint density at radius 1 is 1.47 bits per heavy atom. The number of aliphatic imine (C=N–C) groups is 1. The molecule has 0 fully saturated rings. The van der Waals surface area contributed by atoms with Crippen LogP contribution in [0.3, 0.4) is 0 Å². The molecule has 0 rings (SSSR count). The molecule has 15 heavy (non-hydrogen) atoms. The molecule has 3 N–H and O–H groups in total. The van der Waals surface area contributed by atoms with Crippen LogP contribution in [0.1, 0.15) is 27.7 Å². The lowest BCUT2D eigenvalue weighted by molar-refractivity contribution is -0.161. The monoisotopic (exact) mass is 215 g/mol. The lowest BCUT2D eigenvalue weighted by Gasteiger charge is -2.20. The predicted molar refractivity (Wildman–Crippen MR) is 56.2 cm³/mol. The topological polar surface area (TPSA) is 93.8 Å². The molecule has 6 heteroatoms. The molecule has 0 aliphatic rings. The molecule has 0 aliphatic heterocycles. The van der Waals surface area contributed by atoms with E-state index in [9.17, 15) is 9.59 Å². The average Bonchev–Trinajstić information content (AvgIpc) is 2.01. The molecule has 0 aromatic rings. The molecule has 0 unspecified atom stereocenters. The Kier molecular flexibility index (Phi) is 4.77. The van der Waals surface area contributed by atoms with Crippen LogP contribution < -0.4 is 11.1 Å². The molecule has 0 aromatic heterocycles. The SMILES string of the molecule is CCN/C(N)=N/C(=O)C(C)(C)OC(C)=O. The first-order valence-corrected chi connectivity index (χ1v) is 4.61. The van der Waals surface area contributed by atoms with Crippen molar-refractivity contribution < 1.29 is 14.3 Å². The van der Waals surface area contributed by atoms with Crippen molar-refractivity contribution in [2.45, 2.75) is 33.3 Å². The van der Waals surface area contributed by atoms with Crippen LogP contribution in [0.25, 0.3) is 0 Å². The second kappa shape index (κ2) is 5.33. The Labute approximate surface area is 88.9 Å². The van der Waals surface area contributed by atoms with Gasteiger partial charge in [-0.25, -0.2) is 0 Å². The van der Waals surface area contributed by atoms with E-state index in [-0.39, 0.29) is 5.96 Å². The maximum Gasteiger partial charge on any atom is 0.303 e. The third-order valence-corrected chi connectivity index (χ3v) is 1.49. The number of nitrogens with zero attached hydrogens (tertiary/aromatic N) is 1. The van der Waals surface area contributed by atoms with Crippen molar-refractivity contribution in [3.05, 3.63) is 0 Å². The Morgan fingerprint density at radius 2 is 2.00 bits per heavy atom. The van der Waals surface area contributed by atoms with Gasteiger partial charge in [0.15, 0.2) is 11.6 Å². The summed E-state index contributed by atoms with van der Waals surface area (Å²) in [6, 6.07) is 0. The second-order valence-corrected chi connectivity index (χ2v) is 3.44. The fourth-order valence-electron chi connectivity index (χ4n) is 0.868. The molecular formula is C9H17N3O3. The summed E-state index contributed by atoms with van der Waals surface area (Å²) in [4.78, 5) is 25.8. The number of esters is 1. The van der Waals surface area contributed by atoms with Crippen LogP contribution in [-0.2, 0) is 14.3 Å². The highest BCUT2D eigenvalue weighted by atomic mass is 16.6. The molecule has 0 aliphatic carbocycles. The molecule has 0 bridgehead atoms. The van der Waals surface area contributed by atoms with Crippen LogP contribution in [0.5, 0.6) is 0 Å². The number of amides is 1. The summed E-state index contributed by atoms with van der Waals surface area (Å²) in [6.07, 6.45) is 0. The van der Waals surface area contributed by atoms with Crippen molar-refractivity contribution >= 4 is 17.8 Å². The number of nitrogens with two attached hydrogens (primary N) is 1. The van der Waals surface area contributed by atoms with Gasteiger partial charge in [0, 0.05) is 13.5 Å². The van der Waals surface area contributed by atoms with Gasteiger partial charge in [-0.2, -0.15) is 4.99 Å². The molecule has 0 radical (unpaired) electrons. The number of hydrogen-bond acceptors (Lipinski definition) is 3. The number of guanidine groups is 1. The van der Waals surface area contributed by atoms with Crippen molar-refractivity contribution in [2.75, 3.05) is 6.54 Å². The van der Waals surface area contributed by atoms with E-state index in [2.05, 4.69) is 10.3 Å². The number of carbonyl (C=O) groups is 2. The summed E-state index contributed by atoms with van der Waals surface area (Å²) in [5, 5.41) is 2.67. The molecule has 1 amide bonds. The molecule has 0 aromatic carbocycles. The van der Waals surface area contributed by atoms with Crippen molar-refractivity contribution in [1.82, 2.24) is 5.32 Å². The van der Waals surface area contributed by atoms with Gasteiger partial charge in [-0.1, -0.05) is 0 Å². The summed E-state index contributed by atoms with van der Waals surface area (Å²) >= 11 is 0. The quantitative estimate of drug-likeness (QED) is 0.385. The zero-order valence-corrected chi connectivity index (χ0v) is 9.46. The van der Waals surface area contributed by atoms with E-state index < -0.39 is 17.5 Å². The summed E-state index contributed by atoms with van der Waals surface area (Å²) < 4.78 is 4.80. The number of nitrogens with one attached hydrogen (secondary N) is 1. The normalized spacial score (nSPS) is 12.1. The average molecular weight is 215 g/mol. The maximum absolute atomic E-state index is 11.5. The largest absolute Gasteiger partial charge is 0.450 e. The smallest absolute Gasteiger partial charge is 0.303 e. The molecule has 86 valence electrons. The summed E-state index contributed by atoms with van der Waals surface area (Å²) in [5.74, 6) is -1.12. The van der Waals surface area contributed by atoms with E-state index in [1.54, 1.807) is 0 Å². The van der Waals surface area contributed by atoms with Crippen LogP contribution in [0.15, 0.2) is 4.99 Å². The first-order chi connectivity index (χ1) is 6.79. The van der Waals surface area contributed by atoms with Gasteiger partial charge < -0.3 is 15.8 Å². The van der Waals surface area contributed by atoms with E-state index in [0.717, 1.165) is 0 Å². The molecule has 6 nitrogen and oxygen atoms in total. The van der Waals surface area contributed by atoms with E-state index in [4.69, 9.17) is 10.5 Å². The van der Waals surface area contributed by atoms with Gasteiger partial charge in [0.1, 0.15) is 0 Å². The number of rotatable bonds is 3. The number of carbonyl (C=O) groups excluding carboxylic acids is 2. The van der Waals surface area contributed by atoms with Crippen LogP contribution in [0, 0.1) is 0 Å². The first-order valence-electron chi connectivity index (χ1n) is 4.61. The Balaban J connectivity index is 4.55. The van der Waals surface area contributed by atoms with Crippen molar-refractivity contribution in [2.24, 2.45) is 10.7 Å². The van der Waals surface area contributed by atoms with Gasteiger partial charge in [0.25, 0.3) is 5.91 Å². The molecule has 0 heterocycles. The third kappa shape index (κ3) is 4.99. The zero-order valence-electron chi connectivity index (χ0n) is 9.46. The summed E-state index contributed by atoms with van der Waals surface area (Å²) in [5.41, 5.74) is 4.10. The minimum atomic E-state index is -1.29. The Bertz CT molecular complexity index is 284. The molecule has 0 saturated carbocycles. The number of ether oxygens (including phenoxy) is 1. The van der Waals surface area contributed by atoms with E-state index in [1.807, 2.05) is 6.92 Å². The highest BCUT2D eigenvalue weighted by Gasteiger charge is 2.30. The highest BCUT2D eigenvalue weighted by molar-refractivity contribution is 5.97. The fourth-order valence-corrected chi connectivity index (χ4v) is 0.868. The maximum atomic E-state index is 11.5. The minimum absolute atomic E-state index is 0.0164.